The molecule has 1 heterocycles. The van der Waals surface area contributed by atoms with E-state index in [-0.39, 0.29) is 5.54 Å². The molecule has 0 bridgehead atoms. The van der Waals surface area contributed by atoms with Crippen LogP contribution in [0.5, 0.6) is 0 Å². The van der Waals surface area contributed by atoms with Gasteiger partial charge < -0.3 is 5.73 Å². The van der Waals surface area contributed by atoms with Gasteiger partial charge in [0.05, 0.1) is 11.7 Å². The molecule has 0 aliphatic rings. The molecule has 0 aliphatic carbocycles. The Balaban J connectivity index is 2.71. The van der Waals surface area contributed by atoms with E-state index in [0.29, 0.717) is 6.04 Å². The number of aromatic nitrogens is 2. The highest BCUT2D eigenvalue weighted by molar-refractivity contribution is 5.04. The molecule has 0 amide bonds. The Hall–Kier alpha value is -0.830. The maximum Gasteiger partial charge on any atom is 0.0642 e. The fraction of sp³-hybridized carbons (Fsp3) is 0.750. The van der Waals surface area contributed by atoms with E-state index in [2.05, 4.69) is 35.9 Å². The summed E-state index contributed by atoms with van der Waals surface area (Å²) in [6.45, 7) is 8.46. The van der Waals surface area contributed by atoms with E-state index in [1.54, 1.807) is 0 Å². The van der Waals surface area contributed by atoms with Crippen LogP contribution in [0.3, 0.4) is 0 Å². The van der Waals surface area contributed by atoms with E-state index < -0.39 is 0 Å². The summed E-state index contributed by atoms with van der Waals surface area (Å²) in [5.41, 5.74) is 6.89. The average Bonchev–Trinajstić information content (AvgIpc) is 2.52. The highest BCUT2D eigenvalue weighted by Gasteiger charge is 2.14. The number of nitrogens with two attached hydrogens (primary N) is 1. The summed E-state index contributed by atoms with van der Waals surface area (Å²) in [6, 6.07) is 2.60. The van der Waals surface area contributed by atoms with Gasteiger partial charge in [-0.3, -0.25) is 4.68 Å². The van der Waals surface area contributed by atoms with Crippen molar-refractivity contribution in [1.29, 1.82) is 0 Å². The third-order valence-corrected chi connectivity index (χ3v) is 2.62. The molecule has 1 aromatic heterocycles. The van der Waals surface area contributed by atoms with Gasteiger partial charge in [0.1, 0.15) is 0 Å². The van der Waals surface area contributed by atoms with Crippen LogP contribution in [-0.2, 0) is 6.42 Å². The minimum Gasteiger partial charge on any atom is -0.325 e. The van der Waals surface area contributed by atoms with Crippen LogP contribution in [0, 0.1) is 0 Å². The molecule has 1 rings (SSSR count). The predicted octanol–water partition coefficient (Wildman–Crippen LogP) is 2.52. The van der Waals surface area contributed by atoms with Crippen molar-refractivity contribution in [3.8, 4) is 0 Å². The first-order valence-electron chi connectivity index (χ1n) is 5.79. The molecule has 2 N–H and O–H groups in total. The van der Waals surface area contributed by atoms with E-state index in [0.717, 1.165) is 25.0 Å². The summed E-state index contributed by atoms with van der Waals surface area (Å²) in [6.07, 6.45) is 5.16. The van der Waals surface area contributed by atoms with Gasteiger partial charge in [0, 0.05) is 18.2 Å². The largest absolute Gasteiger partial charge is 0.325 e. The Morgan fingerprint density at radius 3 is 2.47 bits per heavy atom. The van der Waals surface area contributed by atoms with Gasteiger partial charge in [0.15, 0.2) is 0 Å². The molecular weight excluding hydrogens is 186 g/mol. The number of hydrogen-bond donors (Lipinski definition) is 1. The number of nitrogens with zero attached hydrogens (tertiary/aromatic N) is 2. The van der Waals surface area contributed by atoms with Crippen LogP contribution in [0.15, 0.2) is 12.3 Å². The Bertz CT molecular complexity index is 292. The smallest absolute Gasteiger partial charge is 0.0642 e. The van der Waals surface area contributed by atoms with E-state index in [1.807, 2.05) is 13.8 Å². The topological polar surface area (TPSA) is 43.8 Å². The van der Waals surface area contributed by atoms with Crippen molar-refractivity contribution in [3.05, 3.63) is 18.0 Å². The lowest BCUT2D eigenvalue weighted by Gasteiger charge is -2.17. The van der Waals surface area contributed by atoms with Crippen LogP contribution in [-0.4, -0.2) is 15.3 Å². The fourth-order valence-electron chi connectivity index (χ4n) is 1.80. The van der Waals surface area contributed by atoms with Crippen molar-refractivity contribution in [2.45, 2.75) is 58.5 Å². The Morgan fingerprint density at radius 1 is 1.40 bits per heavy atom. The summed E-state index contributed by atoms with van der Waals surface area (Å²) in [7, 11) is 0. The lowest BCUT2D eigenvalue weighted by Crippen LogP contribution is -2.34. The van der Waals surface area contributed by atoms with Crippen molar-refractivity contribution in [2.75, 3.05) is 0 Å². The van der Waals surface area contributed by atoms with Gasteiger partial charge in [-0.05, 0) is 32.8 Å². The van der Waals surface area contributed by atoms with Crippen LogP contribution in [0.2, 0.25) is 0 Å². The van der Waals surface area contributed by atoms with Gasteiger partial charge in [-0.1, -0.05) is 13.8 Å². The SMILES string of the molecule is CCC(CC)n1ccc(CC(C)(C)N)n1. The van der Waals surface area contributed by atoms with E-state index in [1.165, 1.54) is 0 Å². The van der Waals surface area contributed by atoms with Gasteiger partial charge in [0.25, 0.3) is 0 Å². The average molecular weight is 209 g/mol. The Labute approximate surface area is 92.7 Å². The fourth-order valence-corrected chi connectivity index (χ4v) is 1.80. The Morgan fingerprint density at radius 2 is 2.00 bits per heavy atom. The zero-order valence-electron chi connectivity index (χ0n) is 10.3. The van der Waals surface area contributed by atoms with Crippen molar-refractivity contribution in [3.63, 3.8) is 0 Å². The number of hydrogen-bond acceptors (Lipinski definition) is 2. The third-order valence-electron chi connectivity index (χ3n) is 2.62. The summed E-state index contributed by atoms with van der Waals surface area (Å²) < 4.78 is 2.07. The quantitative estimate of drug-likeness (QED) is 0.809. The van der Waals surface area contributed by atoms with Crippen LogP contribution >= 0.6 is 0 Å². The van der Waals surface area contributed by atoms with E-state index in [4.69, 9.17) is 5.73 Å². The molecule has 0 saturated carbocycles. The van der Waals surface area contributed by atoms with Crippen molar-refractivity contribution >= 4 is 0 Å². The minimum absolute atomic E-state index is 0.174. The first-order chi connectivity index (χ1) is 6.96. The predicted molar refractivity (Wildman–Crippen MR) is 63.8 cm³/mol. The van der Waals surface area contributed by atoms with E-state index >= 15 is 0 Å². The standard InChI is InChI=1S/C12H23N3/c1-5-11(6-2)15-8-7-10(14-15)9-12(3,4)13/h7-8,11H,5-6,9,13H2,1-4H3. The van der Waals surface area contributed by atoms with Crippen LogP contribution in [0.25, 0.3) is 0 Å². The maximum absolute atomic E-state index is 5.97. The molecule has 0 radical (unpaired) electrons. The third kappa shape index (κ3) is 3.67. The molecule has 0 aromatic carbocycles. The van der Waals surface area contributed by atoms with Gasteiger partial charge in [-0.2, -0.15) is 5.10 Å². The molecular formula is C12H23N3. The zero-order chi connectivity index (χ0) is 11.5. The minimum atomic E-state index is -0.174. The first kappa shape index (κ1) is 12.2. The molecule has 15 heavy (non-hydrogen) atoms. The zero-order valence-corrected chi connectivity index (χ0v) is 10.3. The van der Waals surface area contributed by atoms with Crippen molar-refractivity contribution in [1.82, 2.24) is 9.78 Å². The molecule has 0 saturated heterocycles. The van der Waals surface area contributed by atoms with Crippen LogP contribution in [0.4, 0.5) is 0 Å². The van der Waals surface area contributed by atoms with Crippen molar-refractivity contribution < 1.29 is 0 Å². The molecule has 3 nitrogen and oxygen atoms in total. The lowest BCUT2D eigenvalue weighted by molar-refractivity contribution is 0.420. The van der Waals surface area contributed by atoms with Gasteiger partial charge >= 0.3 is 0 Å². The molecule has 0 spiro atoms. The molecule has 86 valence electrons. The summed E-state index contributed by atoms with van der Waals surface area (Å²) in [5, 5.41) is 4.57. The molecule has 0 unspecified atom stereocenters. The second-order valence-electron chi connectivity index (χ2n) is 4.92. The second kappa shape index (κ2) is 4.79. The van der Waals surface area contributed by atoms with Gasteiger partial charge in [-0.15, -0.1) is 0 Å². The number of rotatable bonds is 5. The van der Waals surface area contributed by atoms with Crippen molar-refractivity contribution in [2.24, 2.45) is 5.73 Å². The molecule has 3 heteroatoms. The van der Waals surface area contributed by atoms with E-state index in [9.17, 15) is 0 Å². The Kier molecular flexibility index (Phi) is 3.91. The summed E-state index contributed by atoms with van der Waals surface area (Å²) >= 11 is 0. The molecule has 0 atom stereocenters. The second-order valence-corrected chi connectivity index (χ2v) is 4.92. The molecule has 0 fully saturated rings. The van der Waals surface area contributed by atoms with Gasteiger partial charge in [-0.25, -0.2) is 0 Å². The first-order valence-corrected chi connectivity index (χ1v) is 5.79. The maximum atomic E-state index is 5.97. The summed E-state index contributed by atoms with van der Waals surface area (Å²) in [4.78, 5) is 0. The molecule has 0 aliphatic heterocycles. The monoisotopic (exact) mass is 209 g/mol. The highest BCUT2D eigenvalue weighted by atomic mass is 15.3. The lowest BCUT2D eigenvalue weighted by atomic mass is 10.0. The normalized spacial score (nSPS) is 12.4. The highest BCUT2D eigenvalue weighted by Crippen LogP contribution is 2.16. The molecule has 1 aromatic rings. The summed E-state index contributed by atoms with van der Waals surface area (Å²) in [5.74, 6) is 0. The van der Waals surface area contributed by atoms with Gasteiger partial charge in [0.2, 0.25) is 0 Å². The van der Waals surface area contributed by atoms with Crippen LogP contribution in [0.1, 0.15) is 52.3 Å². The van der Waals surface area contributed by atoms with Crippen LogP contribution < -0.4 is 5.73 Å².